The fraction of sp³-hybridized carbons (Fsp3) is 0.409. The van der Waals surface area contributed by atoms with Gasteiger partial charge in [0.05, 0.1) is 13.7 Å². The van der Waals surface area contributed by atoms with E-state index in [1.165, 1.54) is 5.56 Å². The van der Waals surface area contributed by atoms with Gasteiger partial charge in [0.25, 0.3) is 6.01 Å². The van der Waals surface area contributed by atoms with Gasteiger partial charge < -0.3 is 25.4 Å². The third-order valence-electron chi connectivity index (χ3n) is 5.58. The van der Waals surface area contributed by atoms with Crippen LogP contribution in [0.15, 0.2) is 34.7 Å². The first kappa shape index (κ1) is 19.4. The van der Waals surface area contributed by atoms with E-state index in [4.69, 9.17) is 25.4 Å². The Morgan fingerprint density at radius 3 is 2.66 bits per heavy atom. The fourth-order valence-corrected chi connectivity index (χ4v) is 4.20. The van der Waals surface area contributed by atoms with Crippen molar-refractivity contribution in [3.05, 3.63) is 41.5 Å². The lowest BCUT2D eigenvalue weighted by Crippen LogP contribution is -2.32. The van der Waals surface area contributed by atoms with Crippen molar-refractivity contribution < 1.29 is 13.9 Å². The molecule has 0 amide bonds. The summed E-state index contributed by atoms with van der Waals surface area (Å²) in [5.74, 6) is 1.92. The van der Waals surface area contributed by atoms with Crippen molar-refractivity contribution in [2.24, 2.45) is 0 Å². The maximum absolute atomic E-state index is 6.30. The molecule has 1 aliphatic rings. The highest BCUT2D eigenvalue weighted by atomic mass is 16.5. The van der Waals surface area contributed by atoms with Gasteiger partial charge in [0, 0.05) is 17.8 Å². The summed E-state index contributed by atoms with van der Waals surface area (Å²) in [4.78, 5) is 6.83. The number of methoxy groups -OCH3 is 1. The van der Waals surface area contributed by atoms with E-state index in [0.29, 0.717) is 18.1 Å². The highest BCUT2D eigenvalue weighted by Crippen LogP contribution is 2.38. The van der Waals surface area contributed by atoms with E-state index in [1.807, 2.05) is 25.1 Å². The normalized spacial score (nSPS) is 15.7. The zero-order valence-corrected chi connectivity index (χ0v) is 17.0. The summed E-state index contributed by atoms with van der Waals surface area (Å²) in [6.45, 7) is 5.46. The average molecular weight is 396 g/mol. The van der Waals surface area contributed by atoms with Crippen molar-refractivity contribution >= 4 is 22.8 Å². The number of hydrogen-bond donors (Lipinski definition) is 2. The zero-order chi connectivity index (χ0) is 20.4. The lowest BCUT2D eigenvalue weighted by atomic mass is 9.87. The first-order valence-electron chi connectivity index (χ1n) is 10.1. The van der Waals surface area contributed by atoms with Crippen molar-refractivity contribution in [3.63, 3.8) is 0 Å². The highest BCUT2D eigenvalue weighted by molar-refractivity contribution is 5.84. The Morgan fingerprint density at radius 2 is 1.93 bits per heavy atom. The Kier molecular flexibility index (Phi) is 5.49. The lowest BCUT2D eigenvalue weighted by Gasteiger charge is -2.32. The molecule has 4 N–H and O–H groups in total. The molecule has 1 saturated heterocycles. The molecule has 7 heteroatoms. The molecule has 7 nitrogen and oxygen atoms in total. The molecule has 1 aromatic heterocycles. The first-order chi connectivity index (χ1) is 14.1. The Hall–Kier alpha value is -2.93. The average Bonchev–Trinajstić information content (AvgIpc) is 3.09. The zero-order valence-electron chi connectivity index (χ0n) is 17.0. The molecule has 0 unspecified atom stereocenters. The number of aromatic nitrogens is 1. The van der Waals surface area contributed by atoms with Crippen molar-refractivity contribution in [1.29, 1.82) is 0 Å². The number of nitrogens with zero attached hydrogens (tertiary/aromatic N) is 2. The van der Waals surface area contributed by atoms with Gasteiger partial charge in [0.1, 0.15) is 5.52 Å². The van der Waals surface area contributed by atoms with Gasteiger partial charge in [-0.3, -0.25) is 4.90 Å². The molecule has 0 bridgehead atoms. The topological polar surface area (TPSA) is 99.8 Å². The standard InChI is InChI=1S/C22H28N4O3/c1-3-28-19-12-14(4-6-17(19)27-2)13-26-10-8-15(9-11-26)20-16(23)5-7-18-21(20)25-22(24)29-18/h4-7,12,15H,3,8-11,13,23H2,1-2H3,(H2,24,25). The van der Waals surface area contributed by atoms with E-state index in [1.54, 1.807) is 7.11 Å². The Labute approximate surface area is 170 Å². The molecule has 2 aromatic carbocycles. The maximum atomic E-state index is 6.30. The summed E-state index contributed by atoms with van der Waals surface area (Å²) in [5.41, 5.74) is 16.6. The van der Waals surface area contributed by atoms with Crippen LogP contribution in [0.2, 0.25) is 0 Å². The summed E-state index contributed by atoms with van der Waals surface area (Å²) in [6.07, 6.45) is 2.04. The van der Waals surface area contributed by atoms with Gasteiger partial charge in [0.15, 0.2) is 17.1 Å². The van der Waals surface area contributed by atoms with Crippen molar-refractivity contribution in [2.45, 2.75) is 32.2 Å². The van der Waals surface area contributed by atoms with Crippen LogP contribution in [0.3, 0.4) is 0 Å². The molecule has 154 valence electrons. The molecule has 0 aliphatic carbocycles. The van der Waals surface area contributed by atoms with Crippen molar-refractivity contribution in [1.82, 2.24) is 9.88 Å². The second-order valence-electron chi connectivity index (χ2n) is 7.44. The van der Waals surface area contributed by atoms with Crippen LogP contribution in [0.1, 0.15) is 36.8 Å². The molecule has 4 rings (SSSR count). The number of benzene rings is 2. The predicted molar refractivity (Wildman–Crippen MR) is 114 cm³/mol. The van der Waals surface area contributed by atoms with Crippen LogP contribution in [0, 0.1) is 0 Å². The number of hydrogen-bond acceptors (Lipinski definition) is 7. The number of rotatable bonds is 6. The van der Waals surface area contributed by atoms with E-state index in [0.717, 1.165) is 60.7 Å². The molecule has 2 heterocycles. The SMILES string of the molecule is CCOc1cc(CN2CCC(c3c(N)ccc4oc(N)nc34)CC2)ccc1OC. The molecule has 0 atom stereocenters. The molecular weight excluding hydrogens is 368 g/mol. The molecule has 1 aliphatic heterocycles. The van der Waals surface area contributed by atoms with E-state index in [-0.39, 0.29) is 6.01 Å². The Morgan fingerprint density at radius 1 is 1.14 bits per heavy atom. The number of piperidine rings is 1. The maximum Gasteiger partial charge on any atom is 0.292 e. The van der Waals surface area contributed by atoms with Crippen LogP contribution in [0.4, 0.5) is 11.7 Å². The third kappa shape index (κ3) is 3.96. The van der Waals surface area contributed by atoms with E-state index in [9.17, 15) is 0 Å². The van der Waals surface area contributed by atoms with E-state index in [2.05, 4.69) is 22.0 Å². The monoisotopic (exact) mass is 396 g/mol. The van der Waals surface area contributed by atoms with Gasteiger partial charge in [-0.2, -0.15) is 4.98 Å². The van der Waals surface area contributed by atoms with Crippen LogP contribution < -0.4 is 20.9 Å². The molecule has 0 saturated carbocycles. The summed E-state index contributed by atoms with van der Waals surface area (Å²) >= 11 is 0. The predicted octanol–water partition coefficient (Wildman–Crippen LogP) is 3.78. The van der Waals surface area contributed by atoms with Crippen LogP contribution in [-0.2, 0) is 6.54 Å². The number of nitrogens with two attached hydrogens (primary N) is 2. The number of oxazole rings is 1. The van der Waals surface area contributed by atoms with Crippen molar-refractivity contribution in [2.75, 3.05) is 38.3 Å². The number of fused-ring (bicyclic) bond motifs is 1. The minimum Gasteiger partial charge on any atom is -0.493 e. The summed E-state index contributed by atoms with van der Waals surface area (Å²) in [7, 11) is 1.66. The Balaban J connectivity index is 1.45. The molecule has 29 heavy (non-hydrogen) atoms. The first-order valence-corrected chi connectivity index (χ1v) is 10.1. The van der Waals surface area contributed by atoms with E-state index < -0.39 is 0 Å². The Bertz CT molecular complexity index is 993. The molecular formula is C22H28N4O3. The number of anilines is 2. The highest BCUT2D eigenvalue weighted by Gasteiger charge is 2.25. The molecule has 3 aromatic rings. The van der Waals surface area contributed by atoms with Gasteiger partial charge in [-0.25, -0.2) is 0 Å². The number of likely N-dealkylation sites (tertiary alicyclic amines) is 1. The number of ether oxygens (including phenoxy) is 2. The van der Waals surface area contributed by atoms with Crippen molar-refractivity contribution in [3.8, 4) is 11.5 Å². The third-order valence-corrected chi connectivity index (χ3v) is 5.58. The molecule has 1 fully saturated rings. The number of nitrogen functional groups attached to an aromatic ring is 2. The quantitative estimate of drug-likeness (QED) is 0.612. The summed E-state index contributed by atoms with van der Waals surface area (Å²) in [6, 6.07) is 10.1. The van der Waals surface area contributed by atoms with Crippen LogP contribution >= 0.6 is 0 Å². The minimum atomic E-state index is 0.189. The van der Waals surface area contributed by atoms with Crippen LogP contribution in [0.25, 0.3) is 11.1 Å². The largest absolute Gasteiger partial charge is 0.493 e. The van der Waals surface area contributed by atoms with Crippen LogP contribution in [0.5, 0.6) is 11.5 Å². The minimum absolute atomic E-state index is 0.189. The van der Waals surface area contributed by atoms with Gasteiger partial charge in [-0.15, -0.1) is 0 Å². The van der Waals surface area contributed by atoms with Gasteiger partial charge in [-0.05, 0) is 68.6 Å². The summed E-state index contributed by atoms with van der Waals surface area (Å²) < 4.78 is 16.6. The summed E-state index contributed by atoms with van der Waals surface area (Å²) in [5, 5.41) is 0. The van der Waals surface area contributed by atoms with Crippen LogP contribution in [-0.4, -0.2) is 36.7 Å². The van der Waals surface area contributed by atoms with Gasteiger partial charge in [-0.1, -0.05) is 6.07 Å². The second kappa shape index (κ2) is 8.21. The van der Waals surface area contributed by atoms with E-state index >= 15 is 0 Å². The molecule has 0 spiro atoms. The smallest absolute Gasteiger partial charge is 0.292 e. The van der Waals surface area contributed by atoms with Gasteiger partial charge in [0.2, 0.25) is 0 Å². The lowest BCUT2D eigenvalue weighted by molar-refractivity contribution is 0.205. The second-order valence-corrected chi connectivity index (χ2v) is 7.44. The fourth-order valence-electron chi connectivity index (χ4n) is 4.20. The van der Waals surface area contributed by atoms with Gasteiger partial charge >= 0.3 is 0 Å². The molecule has 0 radical (unpaired) electrons.